The summed E-state index contributed by atoms with van der Waals surface area (Å²) in [6.07, 6.45) is 0.497. The van der Waals surface area contributed by atoms with E-state index < -0.39 is 12.1 Å². The number of benzene rings is 1. The van der Waals surface area contributed by atoms with Crippen LogP contribution in [0, 0.1) is 6.92 Å². The lowest BCUT2D eigenvalue weighted by atomic mass is 9.90. The van der Waals surface area contributed by atoms with Crippen LogP contribution in [0.1, 0.15) is 23.6 Å². The van der Waals surface area contributed by atoms with Gasteiger partial charge in [-0.3, -0.25) is 4.79 Å². The third-order valence-corrected chi connectivity index (χ3v) is 5.42. The highest BCUT2D eigenvalue weighted by Gasteiger charge is 2.34. The zero-order chi connectivity index (χ0) is 19.8. The lowest BCUT2D eigenvalue weighted by molar-refractivity contribution is -0.127. The molecule has 1 aliphatic rings. The largest absolute Gasteiger partial charge is 0.507 e. The van der Waals surface area contributed by atoms with Gasteiger partial charge in [-0.15, -0.1) is 10.2 Å². The van der Waals surface area contributed by atoms with Crippen LogP contribution in [-0.4, -0.2) is 50.4 Å². The zero-order valence-electron chi connectivity index (χ0n) is 15.5. The van der Waals surface area contributed by atoms with E-state index in [4.69, 9.17) is 0 Å². The third-order valence-electron chi connectivity index (χ3n) is 5.42. The molecule has 2 unspecified atom stereocenters. The molecule has 1 fully saturated rings. The molecule has 6 nitrogen and oxygen atoms in total. The number of hydrogen-bond donors (Lipinski definition) is 2. The van der Waals surface area contributed by atoms with E-state index >= 15 is 0 Å². The summed E-state index contributed by atoms with van der Waals surface area (Å²) in [4.78, 5) is 16.8. The van der Waals surface area contributed by atoms with E-state index in [-0.39, 0.29) is 18.1 Å². The van der Waals surface area contributed by atoms with E-state index in [1.807, 2.05) is 19.1 Å². The first-order chi connectivity index (χ1) is 13.5. The summed E-state index contributed by atoms with van der Waals surface area (Å²) in [6, 6.07) is 8.76. The third kappa shape index (κ3) is 3.02. The molecule has 0 saturated carbocycles. The number of hydrogen-bond acceptors (Lipinski definition) is 4. The number of aromatic nitrogens is 3. The fourth-order valence-corrected chi connectivity index (χ4v) is 3.85. The average Bonchev–Trinajstić information content (AvgIpc) is 3.04. The normalized spacial score (nSPS) is 19.7. The van der Waals surface area contributed by atoms with Crippen LogP contribution in [0.3, 0.4) is 0 Å². The predicted octanol–water partition coefficient (Wildman–Crippen LogP) is 3.48. The molecule has 2 atom stereocenters. The average molecular weight is 380 g/mol. The van der Waals surface area contributed by atoms with Gasteiger partial charge >= 0.3 is 0 Å². The van der Waals surface area contributed by atoms with Gasteiger partial charge in [0.25, 0.3) is 0 Å². The minimum Gasteiger partial charge on any atom is -0.507 e. The number of fused-ring (bicyclic) bond motifs is 1. The molecule has 3 heterocycles. The quantitative estimate of drug-likeness (QED) is 0.682. The van der Waals surface area contributed by atoms with Gasteiger partial charge < -0.3 is 15.0 Å². The molecule has 144 valence electrons. The number of aryl methyl sites for hydroxylation is 1. The molecule has 0 bridgehead atoms. The Hall–Kier alpha value is -3.22. The van der Waals surface area contributed by atoms with E-state index in [0.717, 1.165) is 16.6 Å². The molecule has 1 amide bonds. The van der Waals surface area contributed by atoms with Crippen LogP contribution in [0.2, 0.25) is 0 Å². The standard InChI is InChI=1S/C21H21FN4O2/c1-3-19(28)26-9-8-16(22)15(11-26)20-12(2)14-10-17(24-25-21(14)23-20)13-6-4-5-7-18(13)27/h3-7,10,15-16,27H,1,8-9,11H2,2H3,(H,23,25). The maximum Gasteiger partial charge on any atom is 0.245 e. The Labute approximate surface area is 161 Å². The van der Waals surface area contributed by atoms with Crippen molar-refractivity contribution in [1.82, 2.24) is 20.1 Å². The Bertz CT molecular complexity index is 1060. The van der Waals surface area contributed by atoms with Crippen LogP contribution in [0.15, 0.2) is 43.0 Å². The first-order valence-corrected chi connectivity index (χ1v) is 9.19. The summed E-state index contributed by atoms with van der Waals surface area (Å²) in [6.45, 7) is 6.11. The van der Waals surface area contributed by atoms with E-state index in [1.54, 1.807) is 23.1 Å². The minimum absolute atomic E-state index is 0.124. The molecule has 2 aromatic heterocycles. The number of piperidine rings is 1. The Balaban J connectivity index is 1.74. The highest BCUT2D eigenvalue weighted by atomic mass is 19.1. The summed E-state index contributed by atoms with van der Waals surface area (Å²) in [5.74, 6) is -0.521. The highest BCUT2D eigenvalue weighted by Crippen LogP contribution is 2.35. The summed E-state index contributed by atoms with van der Waals surface area (Å²) in [5.41, 5.74) is 3.30. The predicted molar refractivity (Wildman–Crippen MR) is 105 cm³/mol. The molecule has 0 spiro atoms. The van der Waals surface area contributed by atoms with Crippen LogP contribution in [0.5, 0.6) is 5.75 Å². The number of nitrogens with zero attached hydrogens (tertiary/aromatic N) is 3. The zero-order valence-corrected chi connectivity index (χ0v) is 15.5. The molecule has 1 aromatic carbocycles. The fraction of sp³-hybridized carbons (Fsp3) is 0.286. The Morgan fingerprint density at radius 3 is 2.93 bits per heavy atom. The van der Waals surface area contributed by atoms with Crippen LogP contribution >= 0.6 is 0 Å². The summed E-state index contributed by atoms with van der Waals surface area (Å²) in [5, 5.41) is 19.3. The van der Waals surface area contributed by atoms with Crippen molar-refractivity contribution in [2.24, 2.45) is 0 Å². The maximum atomic E-state index is 14.7. The molecule has 4 rings (SSSR count). The van der Waals surface area contributed by atoms with E-state index in [0.29, 0.717) is 30.0 Å². The number of phenolic OH excluding ortho intramolecular Hbond substituents is 1. The molecule has 7 heteroatoms. The van der Waals surface area contributed by atoms with E-state index in [2.05, 4.69) is 21.8 Å². The van der Waals surface area contributed by atoms with E-state index in [9.17, 15) is 14.3 Å². The first kappa shape index (κ1) is 18.2. The van der Waals surface area contributed by atoms with Gasteiger partial charge in [-0.05, 0) is 43.2 Å². The number of alkyl halides is 1. The minimum atomic E-state index is -1.05. The van der Waals surface area contributed by atoms with Crippen molar-refractivity contribution >= 4 is 16.9 Å². The van der Waals surface area contributed by atoms with Gasteiger partial charge in [0.15, 0.2) is 5.65 Å². The number of rotatable bonds is 3. The summed E-state index contributed by atoms with van der Waals surface area (Å²) < 4.78 is 14.7. The van der Waals surface area contributed by atoms with Gasteiger partial charge in [0.05, 0.1) is 5.69 Å². The van der Waals surface area contributed by atoms with Gasteiger partial charge in [-0.2, -0.15) is 0 Å². The molecule has 28 heavy (non-hydrogen) atoms. The molecular weight excluding hydrogens is 359 g/mol. The number of amides is 1. The van der Waals surface area contributed by atoms with Gasteiger partial charge in [-0.1, -0.05) is 18.7 Å². The summed E-state index contributed by atoms with van der Waals surface area (Å²) >= 11 is 0. The fourth-order valence-electron chi connectivity index (χ4n) is 3.85. The number of aromatic hydroxyl groups is 1. The lowest BCUT2D eigenvalue weighted by Crippen LogP contribution is -2.43. The number of halogens is 1. The van der Waals surface area contributed by atoms with Crippen molar-refractivity contribution in [3.05, 3.63) is 54.2 Å². The van der Waals surface area contributed by atoms with Crippen molar-refractivity contribution in [2.75, 3.05) is 13.1 Å². The monoisotopic (exact) mass is 380 g/mol. The van der Waals surface area contributed by atoms with Crippen molar-refractivity contribution in [3.8, 4) is 17.0 Å². The van der Waals surface area contributed by atoms with Gasteiger partial charge in [-0.25, -0.2) is 4.39 Å². The van der Waals surface area contributed by atoms with Crippen LogP contribution in [0.4, 0.5) is 4.39 Å². The highest BCUT2D eigenvalue weighted by molar-refractivity contribution is 5.87. The van der Waals surface area contributed by atoms with Gasteiger partial charge in [0.1, 0.15) is 11.9 Å². The van der Waals surface area contributed by atoms with E-state index in [1.165, 1.54) is 6.08 Å². The van der Waals surface area contributed by atoms with Crippen LogP contribution in [-0.2, 0) is 4.79 Å². The molecule has 1 saturated heterocycles. The molecule has 2 N–H and O–H groups in total. The Kier molecular flexibility index (Phi) is 4.58. The van der Waals surface area contributed by atoms with Crippen LogP contribution < -0.4 is 0 Å². The molecule has 0 radical (unpaired) electrons. The van der Waals surface area contributed by atoms with Crippen molar-refractivity contribution < 1.29 is 14.3 Å². The maximum absolute atomic E-state index is 14.7. The van der Waals surface area contributed by atoms with Crippen molar-refractivity contribution in [2.45, 2.75) is 25.4 Å². The number of carbonyl (C=O) groups is 1. The first-order valence-electron chi connectivity index (χ1n) is 9.19. The number of nitrogens with one attached hydrogen (secondary N) is 1. The number of phenols is 1. The number of para-hydroxylation sites is 1. The number of aromatic amines is 1. The molecular formula is C21H21FN4O2. The second-order valence-corrected chi connectivity index (χ2v) is 7.07. The lowest BCUT2D eigenvalue weighted by Gasteiger charge is -2.34. The summed E-state index contributed by atoms with van der Waals surface area (Å²) in [7, 11) is 0. The molecule has 1 aliphatic heterocycles. The molecule has 0 aliphatic carbocycles. The van der Waals surface area contributed by atoms with Gasteiger partial charge in [0.2, 0.25) is 5.91 Å². The Morgan fingerprint density at radius 2 is 2.18 bits per heavy atom. The SMILES string of the molecule is C=CC(=O)N1CCC(F)C(c2[nH]c3nnc(-c4ccccc4O)cc3c2C)C1. The number of carbonyl (C=O) groups excluding carboxylic acids is 1. The van der Waals surface area contributed by atoms with Crippen LogP contribution in [0.25, 0.3) is 22.3 Å². The second-order valence-electron chi connectivity index (χ2n) is 7.07. The smallest absolute Gasteiger partial charge is 0.245 e. The second kappa shape index (κ2) is 7.07. The van der Waals surface area contributed by atoms with Crippen molar-refractivity contribution in [3.63, 3.8) is 0 Å². The topological polar surface area (TPSA) is 82.1 Å². The van der Waals surface area contributed by atoms with Gasteiger partial charge in [0, 0.05) is 35.7 Å². The Morgan fingerprint density at radius 1 is 1.39 bits per heavy atom. The molecule has 3 aromatic rings. The van der Waals surface area contributed by atoms with Crippen molar-refractivity contribution in [1.29, 1.82) is 0 Å². The number of likely N-dealkylation sites (tertiary alicyclic amines) is 1. The number of H-pyrrole nitrogens is 1.